The second kappa shape index (κ2) is 6.72. The van der Waals surface area contributed by atoms with Crippen molar-refractivity contribution in [2.24, 2.45) is 0 Å². The lowest BCUT2D eigenvalue weighted by Crippen LogP contribution is -2.37. The van der Waals surface area contributed by atoms with Crippen molar-refractivity contribution in [1.29, 1.82) is 0 Å². The van der Waals surface area contributed by atoms with Crippen LogP contribution >= 0.6 is 23.2 Å². The molecule has 0 aliphatic rings. The van der Waals surface area contributed by atoms with Gasteiger partial charge in [-0.3, -0.25) is 4.79 Å². The number of rotatable bonds is 3. The van der Waals surface area contributed by atoms with E-state index >= 15 is 0 Å². The van der Waals surface area contributed by atoms with Crippen LogP contribution in [0, 0.1) is 0 Å². The molecule has 23 heavy (non-hydrogen) atoms. The normalized spacial score (nSPS) is 12.8. The van der Waals surface area contributed by atoms with Gasteiger partial charge in [0.1, 0.15) is 6.33 Å². The van der Waals surface area contributed by atoms with Crippen molar-refractivity contribution < 1.29 is 18.0 Å². The van der Waals surface area contributed by atoms with Gasteiger partial charge < -0.3 is 5.32 Å². The van der Waals surface area contributed by atoms with E-state index in [0.29, 0.717) is 11.1 Å². The quantitative estimate of drug-likeness (QED) is 0.889. The first kappa shape index (κ1) is 17.5. The molecule has 4 nitrogen and oxygen atoms in total. The lowest BCUT2D eigenvalue weighted by Gasteiger charge is -2.23. The Morgan fingerprint density at radius 2 is 1.78 bits per heavy atom. The van der Waals surface area contributed by atoms with Gasteiger partial charge in [0.15, 0.2) is 6.04 Å². The highest BCUT2D eigenvalue weighted by Gasteiger charge is 2.43. The van der Waals surface area contributed by atoms with Crippen LogP contribution in [-0.2, 0) is 4.79 Å². The minimum absolute atomic E-state index is 0.0708. The maximum Gasteiger partial charge on any atom is 0.412 e. The summed E-state index contributed by atoms with van der Waals surface area (Å²) in [5.41, 5.74) is 0.568. The molecule has 0 aliphatic heterocycles. The Kier molecular flexibility index (Phi) is 5.11. The summed E-state index contributed by atoms with van der Waals surface area (Å²) >= 11 is 12.1. The topological polar surface area (TPSA) is 54.9 Å². The van der Waals surface area contributed by atoms with E-state index in [1.807, 2.05) is 5.32 Å². The van der Waals surface area contributed by atoms with Gasteiger partial charge in [0.25, 0.3) is 0 Å². The van der Waals surface area contributed by atoms with E-state index in [0.717, 1.165) is 6.92 Å². The van der Waals surface area contributed by atoms with E-state index < -0.39 is 18.1 Å². The van der Waals surface area contributed by atoms with Crippen molar-refractivity contribution in [3.63, 3.8) is 0 Å². The molecule has 0 fully saturated rings. The number of halogens is 5. The Bertz CT molecular complexity index is 723. The standard InChI is InChI=1S/C14H10Cl2F3N3O/c1-7(23)22-13(14(17,18)19)10-3-2-9(11(15)12(10)16)8-4-20-6-21-5-8/h2-6,13H,1H3,(H,22,23). The Balaban J connectivity index is 2.53. The number of nitrogens with one attached hydrogen (secondary N) is 1. The summed E-state index contributed by atoms with van der Waals surface area (Å²) in [4.78, 5) is 18.7. The summed E-state index contributed by atoms with van der Waals surface area (Å²) < 4.78 is 39.5. The van der Waals surface area contributed by atoms with E-state index in [9.17, 15) is 18.0 Å². The second-order valence-electron chi connectivity index (χ2n) is 4.63. The third kappa shape index (κ3) is 3.92. The predicted octanol–water partition coefficient (Wildman–Crippen LogP) is 4.19. The van der Waals surface area contributed by atoms with Crippen molar-refractivity contribution in [1.82, 2.24) is 15.3 Å². The van der Waals surface area contributed by atoms with Crippen LogP contribution in [0.15, 0.2) is 30.9 Å². The van der Waals surface area contributed by atoms with Gasteiger partial charge in [-0.05, 0) is 0 Å². The molecule has 1 N–H and O–H groups in total. The number of aromatic nitrogens is 2. The van der Waals surface area contributed by atoms with Crippen molar-refractivity contribution in [2.45, 2.75) is 19.1 Å². The van der Waals surface area contributed by atoms with Crippen LogP contribution in [0.1, 0.15) is 18.5 Å². The fraction of sp³-hybridized carbons (Fsp3) is 0.214. The molecular formula is C14H10Cl2F3N3O. The Hall–Kier alpha value is -1.86. The smallest absolute Gasteiger partial charge is 0.341 e. The van der Waals surface area contributed by atoms with E-state index in [2.05, 4.69) is 9.97 Å². The third-order valence-electron chi connectivity index (χ3n) is 2.97. The first-order valence-electron chi connectivity index (χ1n) is 6.29. The van der Waals surface area contributed by atoms with E-state index in [4.69, 9.17) is 23.2 Å². The zero-order valence-corrected chi connectivity index (χ0v) is 13.2. The maximum atomic E-state index is 13.2. The number of hydrogen-bond donors (Lipinski definition) is 1. The predicted molar refractivity (Wildman–Crippen MR) is 80.1 cm³/mol. The van der Waals surface area contributed by atoms with Gasteiger partial charge in [0.2, 0.25) is 5.91 Å². The average molecular weight is 364 g/mol. The number of benzene rings is 1. The molecule has 0 spiro atoms. The molecule has 1 atom stereocenters. The summed E-state index contributed by atoms with van der Waals surface area (Å²) in [6.45, 7) is 0.990. The van der Waals surface area contributed by atoms with Crippen LogP contribution in [-0.4, -0.2) is 22.1 Å². The third-order valence-corrected chi connectivity index (χ3v) is 3.87. The van der Waals surface area contributed by atoms with Gasteiger partial charge in [0, 0.05) is 36.0 Å². The van der Waals surface area contributed by atoms with Crippen molar-refractivity contribution in [3.8, 4) is 11.1 Å². The minimum atomic E-state index is -4.71. The summed E-state index contributed by atoms with van der Waals surface area (Å²) in [6.07, 6.45) is -0.488. The van der Waals surface area contributed by atoms with Crippen molar-refractivity contribution >= 4 is 29.1 Å². The van der Waals surface area contributed by atoms with Gasteiger partial charge in [-0.25, -0.2) is 9.97 Å². The summed E-state index contributed by atoms with van der Waals surface area (Å²) in [5, 5.41) is 1.47. The highest BCUT2D eigenvalue weighted by Crippen LogP contribution is 2.42. The molecule has 2 aromatic rings. The highest BCUT2D eigenvalue weighted by molar-refractivity contribution is 6.44. The van der Waals surface area contributed by atoms with E-state index in [1.165, 1.54) is 30.9 Å². The Morgan fingerprint density at radius 3 is 2.30 bits per heavy atom. The van der Waals surface area contributed by atoms with Crippen molar-refractivity contribution in [2.75, 3.05) is 0 Å². The van der Waals surface area contributed by atoms with Crippen LogP contribution in [0.2, 0.25) is 10.0 Å². The Morgan fingerprint density at radius 1 is 1.17 bits per heavy atom. The molecule has 1 unspecified atom stereocenters. The molecule has 1 heterocycles. The molecule has 0 saturated carbocycles. The molecular weight excluding hydrogens is 354 g/mol. The van der Waals surface area contributed by atoms with Gasteiger partial charge in [-0.1, -0.05) is 35.3 Å². The van der Waals surface area contributed by atoms with E-state index in [-0.39, 0.29) is 15.6 Å². The first-order chi connectivity index (χ1) is 10.7. The highest BCUT2D eigenvalue weighted by atomic mass is 35.5. The van der Waals surface area contributed by atoms with Crippen LogP contribution in [0.4, 0.5) is 13.2 Å². The minimum Gasteiger partial charge on any atom is -0.341 e. The maximum absolute atomic E-state index is 13.2. The zero-order chi connectivity index (χ0) is 17.2. The van der Waals surface area contributed by atoms with Crippen LogP contribution in [0.3, 0.4) is 0 Å². The molecule has 0 saturated heterocycles. The summed E-state index contributed by atoms with van der Waals surface area (Å²) in [5.74, 6) is -0.833. The Labute approximate surface area is 139 Å². The van der Waals surface area contributed by atoms with Crippen LogP contribution in [0.25, 0.3) is 11.1 Å². The molecule has 1 amide bonds. The number of nitrogens with zero attached hydrogens (tertiary/aromatic N) is 2. The summed E-state index contributed by atoms with van der Waals surface area (Å²) in [6, 6.07) is 0.305. The van der Waals surface area contributed by atoms with Crippen molar-refractivity contribution in [3.05, 3.63) is 46.5 Å². The summed E-state index contributed by atoms with van der Waals surface area (Å²) in [7, 11) is 0. The molecule has 0 bridgehead atoms. The number of carbonyl (C=O) groups excluding carboxylic acids is 1. The number of hydrogen-bond acceptors (Lipinski definition) is 3. The zero-order valence-electron chi connectivity index (χ0n) is 11.7. The lowest BCUT2D eigenvalue weighted by molar-refractivity contribution is -0.162. The molecule has 0 radical (unpaired) electrons. The van der Waals surface area contributed by atoms with Crippen LogP contribution < -0.4 is 5.32 Å². The number of alkyl halides is 3. The number of amides is 1. The molecule has 1 aromatic heterocycles. The van der Waals surface area contributed by atoms with Gasteiger partial charge in [-0.2, -0.15) is 13.2 Å². The molecule has 2 rings (SSSR count). The largest absolute Gasteiger partial charge is 0.412 e. The first-order valence-corrected chi connectivity index (χ1v) is 7.04. The van der Waals surface area contributed by atoms with Gasteiger partial charge >= 0.3 is 6.18 Å². The fourth-order valence-electron chi connectivity index (χ4n) is 1.99. The molecule has 0 aliphatic carbocycles. The second-order valence-corrected chi connectivity index (χ2v) is 5.39. The van der Waals surface area contributed by atoms with Crippen LogP contribution in [0.5, 0.6) is 0 Å². The average Bonchev–Trinajstić information content (AvgIpc) is 2.48. The fourth-order valence-corrected chi connectivity index (χ4v) is 2.54. The number of carbonyl (C=O) groups is 1. The van der Waals surface area contributed by atoms with E-state index in [1.54, 1.807) is 0 Å². The molecule has 122 valence electrons. The molecule has 9 heteroatoms. The SMILES string of the molecule is CC(=O)NC(c1ccc(-c2cncnc2)c(Cl)c1Cl)C(F)(F)F. The lowest BCUT2D eigenvalue weighted by atomic mass is 10.0. The van der Waals surface area contributed by atoms with Gasteiger partial charge in [-0.15, -0.1) is 0 Å². The van der Waals surface area contributed by atoms with Gasteiger partial charge in [0.05, 0.1) is 10.0 Å². The molecule has 1 aromatic carbocycles. The monoisotopic (exact) mass is 363 g/mol.